The van der Waals surface area contributed by atoms with Crippen molar-refractivity contribution < 1.29 is 9.53 Å². The van der Waals surface area contributed by atoms with E-state index in [4.69, 9.17) is 4.74 Å². The zero-order chi connectivity index (χ0) is 11.9. The second-order valence-corrected chi connectivity index (χ2v) is 6.52. The Morgan fingerprint density at radius 2 is 2.00 bits per heavy atom. The van der Waals surface area contributed by atoms with E-state index in [1.807, 2.05) is 0 Å². The molecule has 0 aromatic heterocycles. The van der Waals surface area contributed by atoms with Crippen molar-refractivity contribution in [1.82, 2.24) is 0 Å². The van der Waals surface area contributed by atoms with Crippen molar-refractivity contribution in [2.75, 3.05) is 6.61 Å². The Balaban J connectivity index is 2.19. The molecule has 1 aliphatic heterocycles. The van der Waals surface area contributed by atoms with Gasteiger partial charge in [0.2, 0.25) is 0 Å². The standard InChI is InChI=1S/C14H24O2/c1-5-9-11-8-16-13(15)10(11)6-7-12(9)14(2,3)4/h9-12H,5-8H2,1-4H3. The van der Waals surface area contributed by atoms with Crippen LogP contribution in [0.4, 0.5) is 0 Å². The molecule has 0 amide bonds. The van der Waals surface area contributed by atoms with Crippen molar-refractivity contribution in [3.63, 3.8) is 0 Å². The third kappa shape index (κ3) is 1.87. The molecule has 2 heteroatoms. The Hall–Kier alpha value is -0.530. The van der Waals surface area contributed by atoms with Gasteiger partial charge >= 0.3 is 5.97 Å². The van der Waals surface area contributed by atoms with Crippen LogP contribution < -0.4 is 0 Å². The number of ether oxygens (including phenoxy) is 1. The molecule has 0 N–H and O–H groups in total. The van der Waals surface area contributed by atoms with Crippen LogP contribution in [0.2, 0.25) is 0 Å². The van der Waals surface area contributed by atoms with Gasteiger partial charge in [-0.3, -0.25) is 4.79 Å². The first-order valence-electron chi connectivity index (χ1n) is 6.61. The van der Waals surface area contributed by atoms with E-state index < -0.39 is 0 Å². The third-order valence-electron chi connectivity index (χ3n) is 4.68. The minimum atomic E-state index is 0.0656. The van der Waals surface area contributed by atoms with Gasteiger partial charge in [-0.15, -0.1) is 0 Å². The van der Waals surface area contributed by atoms with E-state index >= 15 is 0 Å². The van der Waals surface area contributed by atoms with Crippen molar-refractivity contribution in [3.05, 3.63) is 0 Å². The van der Waals surface area contributed by atoms with Crippen molar-refractivity contribution >= 4 is 5.97 Å². The molecule has 0 spiro atoms. The fourth-order valence-electron chi connectivity index (χ4n) is 3.86. The molecule has 0 radical (unpaired) electrons. The van der Waals surface area contributed by atoms with Crippen molar-refractivity contribution in [1.29, 1.82) is 0 Å². The fraction of sp³-hybridized carbons (Fsp3) is 0.929. The van der Waals surface area contributed by atoms with Gasteiger partial charge in [0.25, 0.3) is 0 Å². The molecular weight excluding hydrogens is 200 g/mol. The molecule has 0 aromatic carbocycles. The topological polar surface area (TPSA) is 26.3 Å². The molecule has 2 rings (SSSR count). The molecule has 1 heterocycles. The monoisotopic (exact) mass is 224 g/mol. The number of carbonyl (C=O) groups excluding carboxylic acids is 1. The second kappa shape index (κ2) is 4.05. The SMILES string of the molecule is CCC1C2COC(=O)C2CCC1C(C)(C)C. The van der Waals surface area contributed by atoms with Gasteiger partial charge in [0, 0.05) is 5.92 Å². The number of hydrogen-bond acceptors (Lipinski definition) is 2. The number of hydrogen-bond donors (Lipinski definition) is 0. The quantitative estimate of drug-likeness (QED) is 0.639. The summed E-state index contributed by atoms with van der Waals surface area (Å²) in [5.74, 6) is 2.19. The molecule has 4 atom stereocenters. The van der Waals surface area contributed by atoms with Gasteiger partial charge in [-0.05, 0) is 30.1 Å². The first-order chi connectivity index (χ1) is 7.45. The van der Waals surface area contributed by atoms with Gasteiger partial charge in [0.15, 0.2) is 0 Å². The van der Waals surface area contributed by atoms with Gasteiger partial charge in [0.05, 0.1) is 12.5 Å². The lowest BCUT2D eigenvalue weighted by molar-refractivity contribution is -0.142. The lowest BCUT2D eigenvalue weighted by atomic mass is 9.59. The van der Waals surface area contributed by atoms with Gasteiger partial charge < -0.3 is 4.74 Å². The summed E-state index contributed by atoms with van der Waals surface area (Å²) in [6.07, 6.45) is 3.42. The number of esters is 1. The summed E-state index contributed by atoms with van der Waals surface area (Å²) in [6, 6.07) is 0. The predicted molar refractivity (Wildman–Crippen MR) is 63.9 cm³/mol. The molecular formula is C14H24O2. The van der Waals surface area contributed by atoms with E-state index in [0.717, 1.165) is 12.3 Å². The smallest absolute Gasteiger partial charge is 0.309 e. The number of cyclic esters (lactones) is 1. The molecule has 1 aliphatic carbocycles. The minimum Gasteiger partial charge on any atom is -0.465 e. The molecule has 2 fully saturated rings. The molecule has 4 unspecified atom stereocenters. The van der Waals surface area contributed by atoms with E-state index in [0.29, 0.717) is 23.9 Å². The Bertz CT molecular complexity index is 277. The molecule has 2 nitrogen and oxygen atoms in total. The summed E-state index contributed by atoms with van der Waals surface area (Å²) in [5, 5.41) is 0. The van der Waals surface area contributed by atoms with E-state index in [9.17, 15) is 4.79 Å². The van der Waals surface area contributed by atoms with Crippen LogP contribution >= 0.6 is 0 Å². The van der Waals surface area contributed by atoms with Crippen LogP contribution in [0.1, 0.15) is 47.0 Å². The van der Waals surface area contributed by atoms with Crippen LogP contribution in [0.25, 0.3) is 0 Å². The Kier molecular flexibility index (Phi) is 3.02. The Morgan fingerprint density at radius 3 is 2.56 bits per heavy atom. The van der Waals surface area contributed by atoms with Crippen LogP contribution in [0.15, 0.2) is 0 Å². The number of fused-ring (bicyclic) bond motifs is 1. The molecule has 1 saturated carbocycles. The maximum Gasteiger partial charge on any atom is 0.309 e. The average molecular weight is 224 g/mol. The van der Waals surface area contributed by atoms with Crippen molar-refractivity contribution in [2.45, 2.75) is 47.0 Å². The number of carbonyl (C=O) groups is 1. The lowest BCUT2D eigenvalue weighted by Crippen LogP contribution is -2.40. The van der Waals surface area contributed by atoms with Crippen LogP contribution in [0.5, 0.6) is 0 Å². The molecule has 2 aliphatic rings. The van der Waals surface area contributed by atoms with Crippen molar-refractivity contribution in [3.8, 4) is 0 Å². The van der Waals surface area contributed by atoms with Crippen LogP contribution in [0.3, 0.4) is 0 Å². The molecule has 16 heavy (non-hydrogen) atoms. The third-order valence-corrected chi connectivity index (χ3v) is 4.68. The van der Waals surface area contributed by atoms with Gasteiger partial charge in [-0.25, -0.2) is 0 Å². The maximum atomic E-state index is 11.6. The average Bonchev–Trinajstić information content (AvgIpc) is 2.58. The second-order valence-electron chi connectivity index (χ2n) is 6.52. The fourth-order valence-corrected chi connectivity index (χ4v) is 3.86. The minimum absolute atomic E-state index is 0.0656. The molecule has 92 valence electrons. The predicted octanol–water partition coefficient (Wildman–Crippen LogP) is 3.26. The van der Waals surface area contributed by atoms with E-state index in [2.05, 4.69) is 27.7 Å². The lowest BCUT2D eigenvalue weighted by Gasteiger charge is -2.44. The van der Waals surface area contributed by atoms with Crippen LogP contribution in [-0.4, -0.2) is 12.6 Å². The summed E-state index contributed by atoms with van der Waals surface area (Å²) in [4.78, 5) is 11.6. The van der Waals surface area contributed by atoms with Gasteiger partial charge in [-0.2, -0.15) is 0 Å². The summed E-state index contributed by atoms with van der Waals surface area (Å²) >= 11 is 0. The van der Waals surface area contributed by atoms with E-state index in [1.165, 1.54) is 12.8 Å². The van der Waals surface area contributed by atoms with Gasteiger partial charge in [0.1, 0.15) is 0 Å². The zero-order valence-electron chi connectivity index (χ0n) is 11.0. The summed E-state index contributed by atoms with van der Waals surface area (Å²) in [7, 11) is 0. The largest absolute Gasteiger partial charge is 0.465 e. The van der Waals surface area contributed by atoms with E-state index in [-0.39, 0.29) is 11.9 Å². The zero-order valence-corrected chi connectivity index (χ0v) is 11.0. The van der Waals surface area contributed by atoms with Crippen molar-refractivity contribution in [2.24, 2.45) is 29.1 Å². The first-order valence-corrected chi connectivity index (χ1v) is 6.61. The highest BCUT2D eigenvalue weighted by molar-refractivity contribution is 5.74. The molecule has 0 aromatic rings. The van der Waals surface area contributed by atoms with Crippen LogP contribution in [-0.2, 0) is 9.53 Å². The summed E-state index contributed by atoms with van der Waals surface area (Å²) in [5.41, 5.74) is 0.358. The van der Waals surface area contributed by atoms with Crippen LogP contribution in [0, 0.1) is 29.1 Å². The normalized spacial score (nSPS) is 39.4. The first kappa shape index (κ1) is 11.9. The molecule has 1 saturated heterocycles. The Morgan fingerprint density at radius 1 is 1.31 bits per heavy atom. The highest BCUT2D eigenvalue weighted by Gasteiger charge is 2.49. The highest BCUT2D eigenvalue weighted by atomic mass is 16.5. The number of rotatable bonds is 1. The Labute approximate surface area is 98.7 Å². The van der Waals surface area contributed by atoms with Gasteiger partial charge in [-0.1, -0.05) is 34.1 Å². The summed E-state index contributed by atoms with van der Waals surface area (Å²) in [6.45, 7) is 9.93. The summed E-state index contributed by atoms with van der Waals surface area (Å²) < 4.78 is 5.25. The maximum absolute atomic E-state index is 11.6. The highest BCUT2D eigenvalue weighted by Crippen LogP contribution is 2.50. The van der Waals surface area contributed by atoms with E-state index in [1.54, 1.807) is 0 Å². The molecule has 0 bridgehead atoms.